The lowest BCUT2D eigenvalue weighted by Gasteiger charge is -2.23. The molecule has 1 N–H and O–H groups in total. The maximum atomic E-state index is 5.48. The van der Waals surface area contributed by atoms with Gasteiger partial charge in [0, 0.05) is 25.7 Å². The highest BCUT2D eigenvalue weighted by molar-refractivity contribution is 5.00. The molecule has 0 amide bonds. The first-order valence-electron chi connectivity index (χ1n) is 7.19. The van der Waals surface area contributed by atoms with Crippen LogP contribution >= 0.6 is 0 Å². The minimum absolute atomic E-state index is 0.256. The van der Waals surface area contributed by atoms with Crippen LogP contribution in [0.25, 0.3) is 0 Å². The molecule has 1 aromatic heterocycles. The largest absolute Gasteiger partial charge is 0.381 e. The van der Waals surface area contributed by atoms with E-state index in [1.807, 2.05) is 7.05 Å². The molecule has 2 heterocycles. The molecule has 5 nitrogen and oxygen atoms in total. The molecular formula is C14H25N3O2. The van der Waals surface area contributed by atoms with Crippen LogP contribution in [0.1, 0.15) is 44.8 Å². The average Bonchev–Trinajstić information content (AvgIpc) is 3.01. The van der Waals surface area contributed by atoms with Crippen molar-refractivity contribution in [2.45, 2.75) is 45.6 Å². The zero-order valence-electron chi connectivity index (χ0n) is 12.3. The summed E-state index contributed by atoms with van der Waals surface area (Å²) in [7, 11) is 1.97. The normalized spacial score (nSPS) is 22.9. The molecule has 1 fully saturated rings. The molecule has 0 bridgehead atoms. The second-order valence-corrected chi connectivity index (χ2v) is 5.83. The summed E-state index contributed by atoms with van der Waals surface area (Å²) in [6, 6.07) is 0.322. The number of likely N-dealkylation sites (N-methyl/N-ethyl adjacent to an activating group) is 1. The summed E-state index contributed by atoms with van der Waals surface area (Å²) in [5.41, 5.74) is 0. The summed E-state index contributed by atoms with van der Waals surface area (Å²) in [5, 5.41) is 7.41. The van der Waals surface area contributed by atoms with E-state index in [-0.39, 0.29) is 5.92 Å². The molecule has 1 aromatic rings. The van der Waals surface area contributed by atoms with Gasteiger partial charge >= 0.3 is 0 Å². The lowest BCUT2D eigenvalue weighted by molar-refractivity contribution is 0.185. The molecule has 0 spiro atoms. The molecule has 0 aliphatic carbocycles. The van der Waals surface area contributed by atoms with Crippen LogP contribution in [0.15, 0.2) is 4.52 Å². The Morgan fingerprint density at radius 2 is 2.16 bits per heavy atom. The van der Waals surface area contributed by atoms with Crippen LogP contribution in [0.3, 0.4) is 0 Å². The monoisotopic (exact) mass is 267 g/mol. The Morgan fingerprint density at radius 3 is 2.74 bits per heavy atom. The standard InChI is InChI=1S/C14H25N3O2/c1-9(2)13(10(3)15-4)14-16-12(17-19-14)7-11-5-6-18-8-11/h9-11,13,15H,5-8H2,1-4H3. The molecular weight excluding hydrogens is 242 g/mol. The van der Waals surface area contributed by atoms with Crippen molar-refractivity contribution in [3.8, 4) is 0 Å². The maximum Gasteiger partial charge on any atom is 0.231 e. The molecule has 3 atom stereocenters. The Bertz CT molecular complexity index is 386. The van der Waals surface area contributed by atoms with E-state index in [0.717, 1.165) is 37.8 Å². The van der Waals surface area contributed by atoms with E-state index in [9.17, 15) is 0 Å². The Hall–Kier alpha value is -0.940. The van der Waals surface area contributed by atoms with E-state index >= 15 is 0 Å². The number of hydrogen-bond acceptors (Lipinski definition) is 5. The van der Waals surface area contributed by atoms with Gasteiger partial charge in [-0.15, -0.1) is 0 Å². The van der Waals surface area contributed by atoms with Gasteiger partial charge in [0.1, 0.15) is 0 Å². The Balaban J connectivity index is 2.05. The van der Waals surface area contributed by atoms with Crippen molar-refractivity contribution in [1.29, 1.82) is 0 Å². The molecule has 5 heteroatoms. The van der Waals surface area contributed by atoms with Crippen LogP contribution in [-0.2, 0) is 11.2 Å². The Kier molecular flexibility index (Phi) is 4.93. The third-order valence-corrected chi connectivity index (χ3v) is 3.98. The fraction of sp³-hybridized carbons (Fsp3) is 0.857. The second-order valence-electron chi connectivity index (χ2n) is 5.83. The summed E-state index contributed by atoms with van der Waals surface area (Å²) in [6.07, 6.45) is 1.96. The van der Waals surface area contributed by atoms with Crippen molar-refractivity contribution in [3.63, 3.8) is 0 Å². The first kappa shape index (κ1) is 14.5. The van der Waals surface area contributed by atoms with Crippen molar-refractivity contribution in [1.82, 2.24) is 15.5 Å². The molecule has 1 aliphatic rings. The highest BCUT2D eigenvalue weighted by Gasteiger charge is 2.28. The van der Waals surface area contributed by atoms with Gasteiger partial charge in [-0.1, -0.05) is 19.0 Å². The van der Waals surface area contributed by atoms with Crippen molar-refractivity contribution < 1.29 is 9.26 Å². The van der Waals surface area contributed by atoms with Crippen LogP contribution in [0.2, 0.25) is 0 Å². The first-order valence-corrected chi connectivity index (χ1v) is 7.19. The molecule has 19 heavy (non-hydrogen) atoms. The van der Waals surface area contributed by atoms with Gasteiger partial charge in [-0.3, -0.25) is 0 Å². The number of aromatic nitrogens is 2. The third kappa shape index (κ3) is 3.54. The van der Waals surface area contributed by atoms with Gasteiger partial charge in [-0.05, 0) is 32.2 Å². The SMILES string of the molecule is CNC(C)C(c1nc(CC2CCOC2)no1)C(C)C. The van der Waals surface area contributed by atoms with E-state index in [1.54, 1.807) is 0 Å². The second kappa shape index (κ2) is 6.48. The topological polar surface area (TPSA) is 60.2 Å². The number of rotatable bonds is 6. The minimum atomic E-state index is 0.256. The zero-order chi connectivity index (χ0) is 13.8. The average molecular weight is 267 g/mol. The summed E-state index contributed by atoms with van der Waals surface area (Å²) < 4.78 is 10.9. The fourth-order valence-corrected chi connectivity index (χ4v) is 2.74. The van der Waals surface area contributed by atoms with Crippen molar-refractivity contribution in [3.05, 3.63) is 11.7 Å². The van der Waals surface area contributed by atoms with E-state index in [0.29, 0.717) is 17.9 Å². The Labute approximate surface area is 115 Å². The van der Waals surface area contributed by atoms with Crippen molar-refractivity contribution in [2.24, 2.45) is 11.8 Å². The lowest BCUT2D eigenvalue weighted by Crippen LogP contribution is -2.32. The van der Waals surface area contributed by atoms with Gasteiger partial charge in [0.15, 0.2) is 5.82 Å². The lowest BCUT2D eigenvalue weighted by atomic mass is 9.89. The van der Waals surface area contributed by atoms with E-state index in [1.165, 1.54) is 0 Å². The highest BCUT2D eigenvalue weighted by atomic mass is 16.5. The minimum Gasteiger partial charge on any atom is -0.381 e. The summed E-state index contributed by atoms with van der Waals surface area (Å²) in [4.78, 5) is 4.59. The van der Waals surface area contributed by atoms with Crippen LogP contribution in [0.5, 0.6) is 0 Å². The number of ether oxygens (including phenoxy) is 1. The number of nitrogens with zero attached hydrogens (tertiary/aromatic N) is 2. The predicted molar refractivity (Wildman–Crippen MR) is 73.0 cm³/mol. The fourth-order valence-electron chi connectivity index (χ4n) is 2.74. The van der Waals surface area contributed by atoms with Crippen molar-refractivity contribution >= 4 is 0 Å². The van der Waals surface area contributed by atoms with Gasteiger partial charge < -0.3 is 14.6 Å². The van der Waals surface area contributed by atoms with Gasteiger partial charge in [-0.2, -0.15) is 4.98 Å². The third-order valence-electron chi connectivity index (χ3n) is 3.98. The van der Waals surface area contributed by atoms with Crippen LogP contribution in [-0.4, -0.2) is 36.4 Å². The van der Waals surface area contributed by atoms with Crippen LogP contribution in [0.4, 0.5) is 0 Å². The van der Waals surface area contributed by atoms with E-state index < -0.39 is 0 Å². The molecule has 0 saturated carbocycles. The first-order chi connectivity index (χ1) is 9.11. The summed E-state index contributed by atoms with van der Waals surface area (Å²) in [6.45, 7) is 8.21. The van der Waals surface area contributed by atoms with E-state index in [4.69, 9.17) is 9.26 Å². The van der Waals surface area contributed by atoms with E-state index in [2.05, 4.69) is 36.2 Å². The Morgan fingerprint density at radius 1 is 1.37 bits per heavy atom. The molecule has 108 valence electrons. The predicted octanol–water partition coefficient (Wildman–Crippen LogP) is 2.00. The molecule has 1 aliphatic heterocycles. The number of nitrogens with one attached hydrogen (secondary N) is 1. The molecule has 0 radical (unpaired) electrons. The summed E-state index contributed by atoms with van der Waals surface area (Å²) >= 11 is 0. The van der Waals surface area contributed by atoms with Crippen LogP contribution < -0.4 is 5.32 Å². The molecule has 0 aromatic carbocycles. The smallest absolute Gasteiger partial charge is 0.231 e. The zero-order valence-corrected chi connectivity index (χ0v) is 12.3. The van der Waals surface area contributed by atoms with Crippen molar-refractivity contribution in [2.75, 3.05) is 20.3 Å². The molecule has 2 rings (SSSR count). The van der Waals surface area contributed by atoms with Gasteiger partial charge in [0.05, 0.1) is 5.92 Å². The summed E-state index contributed by atoms with van der Waals surface area (Å²) in [5.74, 6) is 2.84. The quantitative estimate of drug-likeness (QED) is 0.854. The van der Waals surface area contributed by atoms with Gasteiger partial charge in [0.2, 0.25) is 5.89 Å². The van der Waals surface area contributed by atoms with Crippen LogP contribution in [0, 0.1) is 11.8 Å². The molecule has 1 saturated heterocycles. The number of hydrogen-bond donors (Lipinski definition) is 1. The maximum absolute atomic E-state index is 5.48. The van der Waals surface area contributed by atoms with Gasteiger partial charge in [-0.25, -0.2) is 0 Å². The van der Waals surface area contributed by atoms with Gasteiger partial charge in [0.25, 0.3) is 0 Å². The highest BCUT2D eigenvalue weighted by Crippen LogP contribution is 2.27. The molecule has 3 unspecified atom stereocenters.